The van der Waals surface area contributed by atoms with Crippen molar-refractivity contribution in [1.82, 2.24) is 10.6 Å². The highest BCUT2D eigenvalue weighted by Gasteiger charge is 2.23. The van der Waals surface area contributed by atoms with Crippen LogP contribution in [0.25, 0.3) is 0 Å². The van der Waals surface area contributed by atoms with Gasteiger partial charge in [-0.1, -0.05) is 13.8 Å². The molecule has 6 nitrogen and oxygen atoms in total. The Hall–Kier alpha value is -1.31. The van der Waals surface area contributed by atoms with Crippen LogP contribution in [-0.4, -0.2) is 46.8 Å². The average Bonchev–Trinajstić information content (AvgIpc) is 2.54. The van der Waals surface area contributed by atoms with Gasteiger partial charge in [-0.15, -0.1) is 12.4 Å². The van der Waals surface area contributed by atoms with Gasteiger partial charge in [-0.3, -0.25) is 4.79 Å². The minimum absolute atomic E-state index is 0. The molecule has 1 atom stereocenters. The highest BCUT2D eigenvalue weighted by Crippen LogP contribution is 2.18. The summed E-state index contributed by atoms with van der Waals surface area (Å²) in [5.41, 5.74) is 0. The molecule has 1 amide bonds. The zero-order valence-corrected chi connectivity index (χ0v) is 16.0. The number of nitrogens with one attached hydrogen (secondary N) is 2. The fourth-order valence-corrected chi connectivity index (χ4v) is 3.59. The lowest BCUT2D eigenvalue weighted by Crippen LogP contribution is -2.37. The fraction of sp³-hybridized carbons (Fsp3) is 0.562. The molecule has 1 aromatic carbocycles. The standard InChI is InChI=1S/C16H26N2O4S.ClH/c1-4-9-17-10-11-18-16(19)13(2)12-23(20,21)15-7-5-14(22-3)6-8-15;/h5-8,13,17H,4,9-12H2,1-3H3,(H,18,19);1H. The quantitative estimate of drug-likeness (QED) is 0.604. The summed E-state index contributed by atoms with van der Waals surface area (Å²) < 4.78 is 29.7. The van der Waals surface area contributed by atoms with Gasteiger partial charge in [0.1, 0.15) is 5.75 Å². The summed E-state index contributed by atoms with van der Waals surface area (Å²) in [6.45, 7) is 5.76. The molecule has 0 aliphatic carbocycles. The van der Waals surface area contributed by atoms with Crippen LogP contribution < -0.4 is 15.4 Å². The number of benzene rings is 1. The van der Waals surface area contributed by atoms with E-state index in [-0.39, 0.29) is 29.0 Å². The smallest absolute Gasteiger partial charge is 0.223 e. The van der Waals surface area contributed by atoms with E-state index in [1.165, 1.54) is 19.2 Å². The summed E-state index contributed by atoms with van der Waals surface area (Å²) in [5.74, 6) is -0.476. The topological polar surface area (TPSA) is 84.5 Å². The van der Waals surface area contributed by atoms with E-state index in [4.69, 9.17) is 4.74 Å². The van der Waals surface area contributed by atoms with Gasteiger partial charge in [-0.05, 0) is 37.2 Å². The predicted octanol–water partition coefficient (Wildman–Crippen LogP) is 1.64. The SMILES string of the molecule is CCCNCCNC(=O)C(C)CS(=O)(=O)c1ccc(OC)cc1.Cl. The highest BCUT2D eigenvalue weighted by atomic mass is 35.5. The van der Waals surface area contributed by atoms with Crippen LogP contribution in [-0.2, 0) is 14.6 Å². The number of carbonyl (C=O) groups is 1. The van der Waals surface area contributed by atoms with Gasteiger partial charge in [0.05, 0.1) is 17.8 Å². The van der Waals surface area contributed by atoms with E-state index in [1.54, 1.807) is 19.1 Å². The summed E-state index contributed by atoms with van der Waals surface area (Å²) in [6.07, 6.45) is 1.03. The molecular weight excluding hydrogens is 352 g/mol. The first-order valence-electron chi connectivity index (χ1n) is 7.76. The van der Waals surface area contributed by atoms with Crippen LogP contribution in [0.4, 0.5) is 0 Å². The third-order valence-corrected chi connectivity index (χ3v) is 5.29. The van der Waals surface area contributed by atoms with Crippen LogP contribution in [0.2, 0.25) is 0 Å². The molecule has 1 rings (SSSR count). The van der Waals surface area contributed by atoms with Crippen molar-refractivity contribution in [2.75, 3.05) is 32.5 Å². The van der Waals surface area contributed by atoms with Gasteiger partial charge < -0.3 is 15.4 Å². The van der Waals surface area contributed by atoms with Gasteiger partial charge in [0.15, 0.2) is 9.84 Å². The molecule has 0 aliphatic heterocycles. The molecule has 24 heavy (non-hydrogen) atoms. The second kappa shape index (κ2) is 11.3. The fourth-order valence-electron chi connectivity index (χ4n) is 2.03. The van der Waals surface area contributed by atoms with Crippen molar-refractivity contribution in [1.29, 1.82) is 0 Å². The number of methoxy groups -OCH3 is 1. The van der Waals surface area contributed by atoms with Crippen LogP contribution in [0.15, 0.2) is 29.2 Å². The largest absolute Gasteiger partial charge is 0.497 e. The average molecular weight is 379 g/mol. The molecule has 0 aliphatic rings. The lowest BCUT2D eigenvalue weighted by Gasteiger charge is -2.13. The van der Waals surface area contributed by atoms with Gasteiger partial charge in [-0.25, -0.2) is 8.42 Å². The van der Waals surface area contributed by atoms with Crippen molar-refractivity contribution in [2.24, 2.45) is 5.92 Å². The first-order valence-corrected chi connectivity index (χ1v) is 9.41. The maximum atomic E-state index is 12.3. The van der Waals surface area contributed by atoms with E-state index in [2.05, 4.69) is 17.6 Å². The molecule has 1 aromatic rings. The van der Waals surface area contributed by atoms with E-state index >= 15 is 0 Å². The first-order chi connectivity index (χ1) is 10.9. The number of hydrogen-bond acceptors (Lipinski definition) is 5. The van der Waals surface area contributed by atoms with Gasteiger partial charge in [0, 0.05) is 19.0 Å². The van der Waals surface area contributed by atoms with Crippen LogP contribution in [0.3, 0.4) is 0 Å². The third kappa shape index (κ3) is 7.51. The van der Waals surface area contributed by atoms with Crippen molar-refractivity contribution in [2.45, 2.75) is 25.2 Å². The Morgan fingerprint density at radius 3 is 2.33 bits per heavy atom. The predicted molar refractivity (Wildman–Crippen MR) is 97.6 cm³/mol. The van der Waals surface area contributed by atoms with Crippen LogP contribution in [0.5, 0.6) is 5.75 Å². The van der Waals surface area contributed by atoms with Gasteiger partial charge in [-0.2, -0.15) is 0 Å². The van der Waals surface area contributed by atoms with Crippen LogP contribution in [0.1, 0.15) is 20.3 Å². The number of ether oxygens (including phenoxy) is 1. The lowest BCUT2D eigenvalue weighted by atomic mass is 10.2. The Bertz CT molecular complexity index is 591. The van der Waals surface area contributed by atoms with E-state index in [0.717, 1.165) is 13.0 Å². The summed E-state index contributed by atoms with van der Waals surface area (Å²) in [6, 6.07) is 6.18. The molecule has 0 radical (unpaired) electrons. The molecule has 0 bridgehead atoms. The number of carbonyl (C=O) groups excluding carboxylic acids is 1. The second-order valence-corrected chi connectivity index (χ2v) is 7.43. The molecule has 0 spiro atoms. The molecule has 0 fully saturated rings. The summed E-state index contributed by atoms with van der Waals surface area (Å²) >= 11 is 0. The monoisotopic (exact) mass is 378 g/mol. The van der Waals surface area contributed by atoms with Crippen molar-refractivity contribution in [3.63, 3.8) is 0 Å². The summed E-state index contributed by atoms with van der Waals surface area (Å²) in [5, 5.41) is 5.92. The molecular formula is C16H27ClN2O4S. The maximum Gasteiger partial charge on any atom is 0.223 e. The van der Waals surface area contributed by atoms with Gasteiger partial charge >= 0.3 is 0 Å². The minimum Gasteiger partial charge on any atom is -0.497 e. The molecule has 2 N–H and O–H groups in total. The lowest BCUT2D eigenvalue weighted by molar-refractivity contribution is -0.123. The van der Waals surface area contributed by atoms with E-state index < -0.39 is 15.8 Å². The Morgan fingerprint density at radius 2 is 1.79 bits per heavy atom. The first kappa shape index (κ1) is 22.7. The van der Waals surface area contributed by atoms with Crippen LogP contribution >= 0.6 is 12.4 Å². The zero-order chi connectivity index (χ0) is 17.3. The van der Waals surface area contributed by atoms with Crippen molar-refractivity contribution in [3.05, 3.63) is 24.3 Å². The third-order valence-electron chi connectivity index (χ3n) is 3.36. The van der Waals surface area contributed by atoms with Crippen LogP contribution in [0, 0.1) is 5.92 Å². The van der Waals surface area contributed by atoms with E-state index in [9.17, 15) is 13.2 Å². The van der Waals surface area contributed by atoms with E-state index in [1.807, 2.05) is 0 Å². The van der Waals surface area contributed by atoms with Crippen molar-refractivity contribution >= 4 is 28.2 Å². The van der Waals surface area contributed by atoms with Crippen molar-refractivity contribution < 1.29 is 17.9 Å². The molecule has 0 aromatic heterocycles. The maximum absolute atomic E-state index is 12.3. The summed E-state index contributed by atoms with van der Waals surface area (Å²) in [7, 11) is -1.98. The second-order valence-electron chi connectivity index (χ2n) is 5.40. The normalized spacial score (nSPS) is 12.1. The highest BCUT2D eigenvalue weighted by molar-refractivity contribution is 7.91. The van der Waals surface area contributed by atoms with Crippen molar-refractivity contribution in [3.8, 4) is 5.75 Å². The molecule has 1 unspecified atom stereocenters. The Balaban J connectivity index is 0.00000529. The Morgan fingerprint density at radius 1 is 1.17 bits per heavy atom. The van der Waals surface area contributed by atoms with E-state index in [0.29, 0.717) is 18.8 Å². The molecule has 0 heterocycles. The zero-order valence-electron chi connectivity index (χ0n) is 14.4. The van der Waals surface area contributed by atoms with Gasteiger partial charge in [0.25, 0.3) is 0 Å². The number of halogens is 1. The Kier molecular flexibility index (Phi) is 10.7. The number of amides is 1. The number of hydrogen-bond donors (Lipinski definition) is 2. The van der Waals surface area contributed by atoms with Gasteiger partial charge in [0.2, 0.25) is 5.91 Å². The number of rotatable bonds is 10. The molecule has 0 saturated carbocycles. The Labute approximate surface area is 150 Å². The summed E-state index contributed by atoms with van der Waals surface area (Å²) in [4.78, 5) is 12.2. The molecule has 8 heteroatoms. The molecule has 138 valence electrons. The number of sulfone groups is 1. The molecule has 0 saturated heterocycles. The minimum atomic E-state index is -3.50.